The van der Waals surface area contributed by atoms with E-state index in [9.17, 15) is 14.4 Å². The van der Waals surface area contributed by atoms with Crippen LogP contribution in [0.15, 0.2) is 24.3 Å². The monoisotopic (exact) mass is 373 g/mol. The molecule has 0 saturated heterocycles. The van der Waals surface area contributed by atoms with Gasteiger partial charge in [0, 0.05) is 10.4 Å². The zero-order chi connectivity index (χ0) is 18.8. The number of carbonyl (C=O) groups excluding carboxylic acids is 3. The van der Waals surface area contributed by atoms with Crippen molar-refractivity contribution < 1.29 is 23.9 Å². The maximum absolute atomic E-state index is 12.6. The summed E-state index contributed by atoms with van der Waals surface area (Å²) < 4.78 is 9.76. The summed E-state index contributed by atoms with van der Waals surface area (Å²) in [5.74, 6) is -1.77. The molecule has 0 spiro atoms. The van der Waals surface area contributed by atoms with E-state index in [1.54, 1.807) is 12.1 Å². The first kappa shape index (κ1) is 18.1. The second kappa shape index (κ2) is 7.29. The molecule has 6 nitrogen and oxygen atoms in total. The first-order chi connectivity index (χ1) is 12.5. The van der Waals surface area contributed by atoms with Crippen LogP contribution in [0.5, 0.6) is 0 Å². The molecule has 1 aromatic carbocycles. The summed E-state index contributed by atoms with van der Waals surface area (Å²) in [5, 5.41) is 3.22. The van der Waals surface area contributed by atoms with Crippen LogP contribution in [-0.2, 0) is 20.7 Å². The number of benzene rings is 1. The first-order valence-electron chi connectivity index (χ1n) is 8.16. The smallest absolute Gasteiger partial charge is 0.341 e. The average Bonchev–Trinajstić information content (AvgIpc) is 3.19. The lowest BCUT2D eigenvalue weighted by Crippen LogP contribution is -2.18. The minimum Gasteiger partial charge on any atom is -0.469 e. The van der Waals surface area contributed by atoms with Gasteiger partial charge < -0.3 is 14.8 Å². The molecular weight excluding hydrogens is 354 g/mol. The van der Waals surface area contributed by atoms with E-state index in [1.165, 1.54) is 25.6 Å². The molecule has 0 bridgehead atoms. The molecule has 26 heavy (non-hydrogen) atoms. The Labute approximate surface area is 155 Å². The molecule has 7 heteroatoms. The Kier molecular flexibility index (Phi) is 5.08. The number of esters is 2. The Morgan fingerprint density at radius 2 is 1.88 bits per heavy atom. The molecule has 1 unspecified atom stereocenters. The van der Waals surface area contributed by atoms with Crippen molar-refractivity contribution in [3.05, 3.63) is 51.4 Å². The summed E-state index contributed by atoms with van der Waals surface area (Å²) in [6.45, 7) is 1.85. The van der Waals surface area contributed by atoms with E-state index in [2.05, 4.69) is 5.32 Å². The highest BCUT2D eigenvalue weighted by Gasteiger charge is 2.38. The van der Waals surface area contributed by atoms with E-state index in [0.717, 1.165) is 10.4 Å². The third-order valence-corrected chi connectivity index (χ3v) is 5.70. The molecule has 1 aliphatic rings. The molecular formula is C19H19NO5S. The van der Waals surface area contributed by atoms with Crippen molar-refractivity contribution in [3.63, 3.8) is 0 Å². The van der Waals surface area contributed by atoms with E-state index >= 15 is 0 Å². The number of thiophene rings is 1. The van der Waals surface area contributed by atoms with Gasteiger partial charge in [-0.1, -0.05) is 18.2 Å². The molecule has 2 aromatic rings. The molecule has 1 aliphatic carbocycles. The summed E-state index contributed by atoms with van der Waals surface area (Å²) in [5.41, 5.74) is 2.23. The number of fused-ring (bicyclic) bond motifs is 1. The summed E-state index contributed by atoms with van der Waals surface area (Å²) in [7, 11) is 2.60. The first-order valence-corrected chi connectivity index (χ1v) is 8.98. The van der Waals surface area contributed by atoms with E-state index in [1.807, 2.05) is 19.1 Å². The molecule has 0 radical (unpaired) electrons. The predicted octanol–water partition coefficient (Wildman–Crippen LogP) is 3.30. The van der Waals surface area contributed by atoms with Crippen molar-refractivity contribution in [2.45, 2.75) is 25.7 Å². The van der Waals surface area contributed by atoms with Crippen LogP contribution in [0.2, 0.25) is 0 Å². The van der Waals surface area contributed by atoms with Gasteiger partial charge in [-0.05, 0) is 37.0 Å². The van der Waals surface area contributed by atoms with E-state index in [4.69, 9.17) is 9.47 Å². The van der Waals surface area contributed by atoms with Gasteiger partial charge in [-0.15, -0.1) is 11.3 Å². The third-order valence-electron chi connectivity index (χ3n) is 4.52. The maximum atomic E-state index is 12.6. The van der Waals surface area contributed by atoms with Crippen LogP contribution in [0.1, 0.15) is 49.1 Å². The lowest BCUT2D eigenvalue weighted by molar-refractivity contribution is -0.142. The minimum atomic E-state index is -0.571. The van der Waals surface area contributed by atoms with Gasteiger partial charge in [0.15, 0.2) is 0 Å². The lowest BCUT2D eigenvalue weighted by atomic mass is 9.99. The van der Waals surface area contributed by atoms with Crippen LogP contribution in [0.25, 0.3) is 0 Å². The number of carbonyl (C=O) groups is 3. The zero-order valence-corrected chi connectivity index (χ0v) is 15.6. The van der Waals surface area contributed by atoms with Crippen LogP contribution in [0.4, 0.5) is 5.00 Å². The quantitative estimate of drug-likeness (QED) is 0.832. The van der Waals surface area contributed by atoms with Crippen LogP contribution in [0, 0.1) is 6.92 Å². The van der Waals surface area contributed by atoms with Gasteiger partial charge >= 0.3 is 11.9 Å². The summed E-state index contributed by atoms with van der Waals surface area (Å²) in [4.78, 5) is 38.0. The van der Waals surface area contributed by atoms with Crippen LogP contribution >= 0.6 is 11.3 Å². The lowest BCUT2D eigenvalue weighted by Gasteiger charge is -2.12. The van der Waals surface area contributed by atoms with E-state index in [0.29, 0.717) is 29.0 Å². The highest BCUT2D eigenvalue weighted by Crippen LogP contribution is 2.46. The predicted molar refractivity (Wildman–Crippen MR) is 97.9 cm³/mol. The molecule has 1 atom stereocenters. The highest BCUT2D eigenvalue weighted by molar-refractivity contribution is 7.17. The largest absolute Gasteiger partial charge is 0.469 e. The molecule has 0 fully saturated rings. The summed E-state index contributed by atoms with van der Waals surface area (Å²) in [6.07, 6.45) is 1.24. The van der Waals surface area contributed by atoms with Crippen molar-refractivity contribution in [2.24, 2.45) is 0 Å². The number of hydrogen-bond donors (Lipinski definition) is 1. The van der Waals surface area contributed by atoms with Gasteiger partial charge in [-0.3, -0.25) is 9.59 Å². The van der Waals surface area contributed by atoms with Crippen molar-refractivity contribution >= 4 is 34.2 Å². The fourth-order valence-corrected chi connectivity index (χ4v) is 4.49. The van der Waals surface area contributed by atoms with Crippen LogP contribution in [-0.4, -0.2) is 32.1 Å². The molecule has 136 valence electrons. The Morgan fingerprint density at radius 3 is 2.54 bits per heavy atom. The Morgan fingerprint density at radius 1 is 1.15 bits per heavy atom. The average molecular weight is 373 g/mol. The number of ether oxygens (including phenoxy) is 2. The van der Waals surface area contributed by atoms with Gasteiger partial charge in [-0.2, -0.15) is 0 Å². The SMILES string of the molecule is COC(=O)c1c(NC(=O)c2ccccc2C)sc2c1C(C(=O)OC)CC2. The second-order valence-corrected chi connectivity index (χ2v) is 7.12. The Hall–Kier alpha value is -2.67. The molecule has 1 aromatic heterocycles. The van der Waals surface area contributed by atoms with Crippen molar-refractivity contribution in [1.82, 2.24) is 0 Å². The molecule has 0 saturated carbocycles. The number of rotatable bonds is 4. The third kappa shape index (κ3) is 3.10. The number of hydrogen-bond acceptors (Lipinski definition) is 6. The van der Waals surface area contributed by atoms with Crippen LogP contribution < -0.4 is 5.32 Å². The Balaban J connectivity index is 2.01. The number of anilines is 1. The van der Waals surface area contributed by atoms with Gasteiger partial charge in [-0.25, -0.2) is 4.79 Å². The fraction of sp³-hybridized carbons (Fsp3) is 0.316. The number of aryl methyl sites for hydroxylation is 2. The fourth-order valence-electron chi connectivity index (χ4n) is 3.23. The molecule has 1 heterocycles. The molecule has 1 amide bonds. The number of nitrogens with one attached hydrogen (secondary N) is 1. The normalized spacial score (nSPS) is 15.3. The van der Waals surface area contributed by atoms with E-state index < -0.39 is 11.9 Å². The summed E-state index contributed by atoms with van der Waals surface area (Å²) >= 11 is 1.31. The molecule has 3 rings (SSSR count). The van der Waals surface area contributed by atoms with Crippen molar-refractivity contribution in [3.8, 4) is 0 Å². The minimum absolute atomic E-state index is 0.252. The van der Waals surface area contributed by atoms with Gasteiger partial charge in [0.2, 0.25) is 0 Å². The number of amides is 1. The summed E-state index contributed by atoms with van der Waals surface area (Å²) in [6, 6.07) is 7.20. The van der Waals surface area contributed by atoms with Crippen molar-refractivity contribution in [1.29, 1.82) is 0 Å². The van der Waals surface area contributed by atoms with E-state index in [-0.39, 0.29) is 17.4 Å². The zero-order valence-electron chi connectivity index (χ0n) is 14.8. The molecule has 0 aliphatic heterocycles. The maximum Gasteiger partial charge on any atom is 0.341 e. The van der Waals surface area contributed by atoms with Gasteiger partial charge in [0.25, 0.3) is 5.91 Å². The van der Waals surface area contributed by atoms with Gasteiger partial charge in [0.1, 0.15) is 5.00 Å². The highest BCUT2D eigenvalue weighted by atomic mass is 32.1. The van der Waals surface area contributed by atoms with Crippen LogP contribution in [0.3, 0.4) is 0 Å². The van der Waals surface area contributed by atoms with Gasteiger partial charge in [0.05, 0.1) is 25.7 Å². The molecule has 1 N–H and O–H groups in total. The standard InChI is InChI=1S/C19H19NO5S/c1-10-6-4-5-7-11(10)16(21)20-17-15(19(23)25-3)14-12(18(22)24-2)8-9-13(14)26-17/h4-7,12H,8-9H2,1-3H3,(H,20,21). The Bertz CT molecular complexity index is 886. The van der Waals surface area contributed by atoms with Crippen molar-refractivity contribution in [2.75, 3.05) is 19.5 Å². The number of methoxy groups -OCH3 is 2. The second-order valence-electron chi connectivity index (χ2n) is 6.02. The topological polar surface area (TPSA) is 81.7 Å².